The van der Waals surface area contributed by atoms with Crippen LogP contribution in [0.1, 0.15) is 17.5 Å². The van der Waals surface area contributed by atoms with Crippen LogP contribution in [0.2, 0.25) is 0 Å². The molecule has 2 heterocycles. The van der Waals surface area contributed by atoms with Gasteiger partial charge in [-0.2, -0.15) is 0 Å². The Morgan fingerprint density at radius 3 is 2.62 bits per heavy atom. The van der Waals surface area contributed by atoms with E-state index in [2.05, 4.69) is 15.8 Å². The van der Waals surface area contributed by atoms with Crippen molar-refractivity contribution in [2.75, 3.05) is 13.1 Å². The van der Waals surface area contributed by atoms with Crippen LogP contribution in [0.15, 0.2) is 54.9 Å². The third kappa shape index (κ3) is 4.66. The zero-order valence-corrected chi connectivity index (χ0v) is 14.1. The normalized spacial score (nSPS) is 13.7. The van der Waals surface area contributed by atoms with Crippen LogP contribution in [-0.2, 0) is 11.2 Å². The summed E-state index contributed by atoms with van der Waals surface area (Å²) in [5, 5.41) is 0. The van der Waals surface area contributed by atoms with Crippen LogP contribution in [0.4, 0.5) is 9.18 Å². The lowest BCUT2D eigenvalue weighted by Crippen LogP contribution is -2.50. The van der Waals surface area contributed by atoms with E-state index in [0.717, 1.165) is 16.7 Å². The van der Waals surface area contributed by atoms with Crippen LogP contribution in [0.25, 0.3) is 5.57 Å². The summed E-state index contributed by atoms with van der Waals surface area (Å²) in [4.78, 5) is 29.5. The zero-order chi connectivity index (χ0) is 18.4. The van der Waals surface area contributed by atoms with Gasteiger partial charge >= 0.3 is 6.03 Å². The number of carbonyl (C=O) groups is 2. The van der Waals surface area contributed by atoms with Crippen molar-refractivity contribution in [1.82, 2.24) is 20.7 Å². The van der Waals surface area contributed by atoms with E-state index in [0.29, 0.717) is 19.5 Å². The van der Waals surface area contributed by atoms with Gasteiger partial charge in [-0.05, 0) is 41.3 Å². The van der Waals surface area contributed by atoms with Crippen LogP contribution in [0.5, 0.6) is 0 Å². The predicted molar refractivity (Wildman–Crippen MR) is 95.2 cm³/mol. The summed E-state index contributed by atoms with van der Waals surface area (Å²) in [5.41, 5.74) is 7.63. The van der Waals surface area contributed by atoms with E-state index in [1.54, 1.807) is 41.6 Å². The third-order valence-corrected chi connectivity index (χ3v) is 4.11. The van der Waals surface area contributed by atoms with Gasteiger partial charge in [0, 0.05) is 25.5 Å². The first-order chi connectivity index (χ1) is 12.6. The standard InChI is InChI=1S/C19H19FN4O2/c20-17-5-3-15(4-6-17)16-7-10-24(11-8-16)19(26)23-22-18(25)12-14-2-1-9-21-13-14/h1-7,9,13H,8,10-12H2,(H,22,25)(H,23,26). The summed E-state index contributed by atoms with van der Waals surface area (Å²) in [7, 11) is 0. The number of halogens is 1. The fourth-order valence-electron chi connectivity index (χ4n) is 2.71. The van der Waals surface area contributed by atoms with Gasteiger partial charge in [0.25, 0.3) is 0 Å². The average Bonchev–Trinajstić information content (AvgIpc) is 2.68. The number of pyridine rings is 1. The number of carbonyl (C=O) groups excluding carboxylic acids is 2. The Balaban J connectivity index is 1.47. The predicted octanol–water partition coefficient (Wildman–Crippen LogP) is 2.29. The Morgan fingerprint density at radius 2 is 1.96 bits per heavy atom. The van der Waals surface area contributed by atoms with Gasteiger partial charge in [-0.25, -0.2) is 14.6 Å². The summed E-state index contributed by atoms with van der Waals surface area (Å²) in [6.07, 6.45) is 5.99. The molecule has 6 nitrogen and oxygen atoms in total. The number of amides is 3. The van der Waals surface area contributed by atoms with Crippen molar-refractivity contribution < 1.29 is 14.0 Å². The second kappa shape index (κ2) is 8.24. The molecule has 1 aromatic carbocycles. The van der Waals surface area contributed by atoms with E-state index < -0.39 is 0 Å². The van der Waals surface area contributed by atoms with Gasteiger partial charge in [-0.1, -0.05) is 24.3 Å². The molecule has 0 bridgehead atoms. The molecule has 1 aliphatic rings. The van der Waals surface area contributed by atoms with E-state index in [4.69, 9.17) is 0 Å². The molecule has 0 unspecified atom stereocenters. The summed E-state index contributed by atoms with van der Waals surface area (Å²) in [5.74, 6) is -0.584. The molecule has 1 aromatic heterocycles. The van der Waals surface area contributed by atoms with Gasteiger partial charge in [-0.15, -0.1) is 0 Å². The smallest absolute Gasteiger partial charge is 0.319 e. The van der Waals surface area contributed by atoms with Gasteiger partial charge in [0.05, 0.1) is 6.42 Å². The third-order valence-electron chi connectivity index (χ3n) is 4.11. The zero-order valence-electron chi connectivity index (χ0n) is 14.1. The Morgan fingerprint density at radius 1 is 1.15 bits per heavy atom. The number of hydrogen-bond donors (Lipinski definition) is 2. The highest BCUT2D eigenvalue weighted by Gasteiger charge is 2.18. The van der Waals surface area contributed by atoms with Crippen LogP contribution < -0.4 is 10.9 Å². The molecule has 0 spiro atoms. The molecule has 3 rings (SSSR count). The first-order valence-electron chi connectivity index (χ1n) is 8.29. The summed E-state index contributed by atoms with van der Waals surface area (Å²) >= 11 is 0. The molecular formula is C19H19FN4O2. The van der Waals surface area contributed by atoms with Crippen molar-refractivity contribution in [2.24, 2.45) is 0 Å². The second-order valence-electron chi connectivity index (χ2n) is 5.95. The minimum absolute atomic E-state index is 0.142. The summed E-state index contributed by atoms with van der Waals surface area (Å²) in [6, 6.07) is 9.49. The summed E-state index contributed by atoms with van der Waals surface area (Å²) in [6.45, 7) is 0.949. The van der Waals surface area contributed by atoms with Gasteiger partial charge in [0.2, 0.25) is 5.91 Å². The molecule has 0 fully saturated rings. The molecule has 2 aromatic rings. The Labute approximate surface area is 150 Å². The van der Waals surface area contributed by atoms with Crippen LogP contribution >= 0.6 is 0 Å². The average molecular weight is 354 g/mol. The molecule has 0 atom stereocenters. The van der Waals surface area contributed by atoms with Crippen LogP contribution in [0, 0.1) is 5.82 Å². The maximum atomic E-state index is 13.0. The van der Waals surface area contributed by atoms with Crippen molar-refractivity contribution in [3.63, 3.8) is 0 Å². The molecule has 0 aliphatic carbocycles. The largest absolute Gasteiger partial charge is 0.336 e. The number of benzene rings is 1. The first kappa shape index (κ1) is 17.6. The molecule has 1 aliphatic heterocycles. The van der Waals surface area contributed by atoms with Crippen molar-refractivity contribution in [3.05, 3.63) is 71.8 Å². The van der Waals surface area contributed by atoms with E-state index in [1.165, 1.54) is 12.1 Å². The molecule has 2 N–H and O–H groups in total. The Hall–Kier alpha value is -3.22. The van der Waals surface area contributed by atoms with Gasteiger partial charge < -0.3 is 4.90 Å². The molecule has 0 saturated heterocycles. The topological polar surface area (TPSA) is 74.3 Å². The maximum Gasteiger partial charge on any atom is 0.336 e. The fourth-order valence-corrected chi connectivity index (χ4v) is 2.71. The number of nitrogens with zero attached hydrogens (tertiary/aromatic N) is 2. The van der Waals surface area contributed by atoms with Crippen molar-refractivity contribution in [3.8, 4) is 0 Å². The molecule has 134 valence electrons. The van der Waals surface area contributed by atoms with Gasteiger partial charge in [-0.3, -0.25) is 15.2 Å². The second-order valence-corrected chi connectivity index (χ2v) is 5.95. The highest BCUT2D eigenvalue weighted by atomic mass is 19.1. The molecular weight excluding hydrogens is 335 g/mol. The minimum atomic E-state index is -0.362. The number of urea groups is 1. The number of hydrogen-bond acceptors (Lipinski definition) is 3. The quantitative estimate of drug-likeness (QED) is 0.831. The maximum absolute atomic E-state index is 13.0. The van der Waals surface area contributed by atoms with Crippen molar-refractivity contribution in [1.29, 1.82) is 0 Å². The van der Waals surface area contributed by atoms with E-state index >= 15 is 0 Å². The fraction of sp³-hybridized carbons (Fsp3) is 0.211. The van der Waals surface area contributed by atoms with Crippen LogP contribution in [0.3, 0.4) is 0 Å². The lowest BCUT2D eigenvalue weighted by molar-refractivity contribution is -0.121. The first-order valence-corrected chi connectivity index (χ1v) is 8.29. The van der Waals surface area contributed by atoms with Gasteiger partial charge in [0.15, 0.2) is 0 Å². The highest BCUT2D eigenvalue weighted by molar-refractivity contribution is 5.83. The number of aromatic nitrogens is 1. The number of nitrogens with one attached hydrogen (secondary N) is 2. The molecule has 26 heavy (non-hydrogen) atoms. The lowest BCUT2D eigenvalue weighted by Gasteiger charge is -2.26. The molecule has 3 amide bonds. The lowest BCUT2D eigenvalue weighted by atomic mass is 10.00. The SMILES string of the molecule is O=C(Cc1cccnc1)NNC(=O)N1CC=C(c2ccc(F)cc2)CC1. The number of hydrazine groups is 1. The molecule has 7 heteroatoms. The molecule has 0 radical (unpaired) electrons. The minimum Gasteiger partial charge on any atom is -0.319 e. The Bertz CT molecular complexity index is 806. The van der Waals surface area contributed by atoms with Crippen LogP contribution in [-0.4, -0.2) is 34.9 Å². The van der Waals surface area contributed by atoms with E-state index in [-0.39, 0.29) is 24.2 Å². The van der Waals surface area contributed by atoms with Crippen molar-refractivity contribution in [2.45, 2.75) is 12.8 Å². The summed E-state index contributed by atoms with van der Waals surface area (Å²) < 4.78 is 13.0. The van der Waals surface area contributed by atoms with E-state index in [1.807, 2.05) is 6.08 Å². The van der Waals surface area contributed by atoms with E-state index in [9.17, 15) is 14.0 Å². The molecule has 0 saturated carbocycles. The van der Waals surface area contributed by atoms with Gasteiger partial charge in [0.1, 0.15) is 5.82 Å². The number of rotatable bonds is 3. The monoisotopic (exact) mass is 354 g/mol. The van der Waals surface area contributed by atoms with Crippen molar-refractivity contribution >= 4 is 17.5 Å². The Kier molecular flexibility index (Phi) is 5.58. The highest BCUT2D eigenvalue weighted by Crippen LogP contribution is 2.22.